The Labute approximate surface area is 141 Å². The number of nitrogens with one attached hydrogen (secondary N) is 2. The number of nitriles is 1. The highest BCUT2D eigenvalue weighted by Crippen LogP contribution is 2.22. The first-order chi connectivity index (χ1) is 11.7. The van der Waals surface area contributed by atoms with Crippen molar-refractivity contribution in [2.24, 2.45) is 0 Å². The molecule has 0 aliphatic rings. The van der Waals surface area contributed by atoms with E-state index in [1.54, 1.807) is 24.3 Å². The van der Waals surface area contributed by atoms with Gasteiger partial charge in [0.25, 0.3) is 0 Å². The van der Waals surface area contributed by atoms with Crippen LogP contribution in [0.4, 0.5) is 27.5 Å². The zero-order valence-electron chi connectivity index (χ0n) is 12.2. The molecule has 0 unspecified atom stereocenters. The highest BCUT2D eigenvalue weighted by Gasteiger charge is 2.06. The predicted octanol–water partition coefficient (Wildman–Crippen LogP) is 4.02. The second-order valence-electron chi connectivity index (χ2n) is 4.70. The van der Waals surface area contributed by atoms with Crippen molar-refractivity contribution < 1.29 is 4.39 Å². The molecule has 1 heterocycles. The van der Waals surface area contributed by atoms with Gasteiger partial charge in [0, 0.05) is 5.69 Å². The smallest absolute Gasteiger partial charge is 0.249 e. The van der Waals surface area contributed by atoms with Gasteiger partial charge < -0.3 is 10.6 Å². The van der Waals surface area contributed by atoms with E-state index in [2.05, 4.69) is 31.9 Å². The van der Waals surface area contributed by atoms with Crippen molar-refractivity contribution in [1.29, 1.82) is 5.26 Å². The van der Waals surface area contributed by atoms with Gasteiger partial charge in [0.05, 0.1) is 22.5 Å². The zero-order chi connectivity index (χ0) is 16.9. The molecule has 0 spiro atoms. The van der Waals surface area contributed by atoms with E-state index in [0.717, 1.165) is 0 Å². The standard InChI is InChI=1S/C16H10ClFN6/c17-12-7-11(5-6-13(12)18)21-15-9-20-24-16(23-15)22-14-4-2-1-3-10(14)8-19/h1-7,9H,(H2,21,22,23,24). The lowest BCUT2D eigenvalue weighted by molar-refractivity contribution is 0.628. The third-order valence-electron chi connectivity index (χ3n) is 3.04. The van der Waals surface area contributed by atoms with Gasteiger partial charge in [0.2, 0.25) is 5.95 Å². The summed E-state index contributed by atoms with van der Waals surface area (Å²) in [5.74, 6) is 0.110. The normalized spacial score (nSPS) is 10.0. The number of nitrogens with zero attached hydrogens (tertiary/aromatic N) is 4. The quantitative estimate of drug-likeness (QED) is 0.746. The summed E-state index contributed by atoms with van der Waals surface area (Å²) in [6, 6.07) is 13.3. The molecule has 2 aromatic carbocycles. The molecule has 3 rings (SSSR count). The fourth-order valence-corrected chi connectivity index (χ4v) is 2.13. The Balaban J connectivity index is 1.81. The van der Waals surface area contributed by atoms with Crippen LogP contribution in [0.3, 0.4) is 0 Å². The lowest BCUT2D eigenvalue weighted by Crippen LogP contribution is -2.03. The molecule has 2 N–H and O–H groups in total. The van der Waals surface area contributed by atoms with Gasteiger partial charge in [-0.2, -0.15) is 15.3 Å². The molecular formula is C16H10ClFN6. The number of anilines is 4. The van der Waals surface area contributed by atoms with Crippen molar-refractivity contribution in [1.82, 2.24) is 15.2 Å². The first kappa shape index (κ1) is 15.6. The van der Waals surface area contributed by atoms with E-state index in [1.165, 1.54) is 24.4 Å². The fraction of sp³-hybridized carbons (Fsp3) is 0. The van der Waals surface area contributed by atoms with Crippen LogP contribution in [-0.4, -0.2) is 15.2 Å². The summed E-state index contributed by atoms with van der Waals surface area (Å²) in [7, 11) is 0. The maximum absolute atomic E-state index is 13.2. The number of hydrogen-bond donors (Lipinski definition) is 2. The third kappa shape index (κ3) is 3.56. The number of para-hydroxylation sites is 1. The van der Waals surface area contributed by atoms with Crippen LogP contribution < -0.4 is 10.6 Å². The van der Waals surface area contributed by atoms with Crippen molar-refractivity contribution in [2.75, 3.05) is 10.6 Å². The zero-order valence-corrected chi connectivity index (χ0v) is 12.9. The minimum Gasteiger partial charge on any atom is -0.339 e. The minimum atomic E-state index is -0.501. The maximum Gasteiger partial charge on any atom is 0.249 e. The van der Waals surface area contributed by atoms with E-state index in [0.29, 0.717) is 22.8 Å². The molecule has 0 saturated heterocycles. The lowest BCUT2D eigenvalue weighted by atomic mass is 10.2. The number of halogens is 2. The fourth-order valence-electron chi connectivity index (χ4n) is 1.95. The molecule has 6 nitrogen and oxygen atoms in total. The first-order valence-electron chi connectivity index (χ1n) is 6.83. The Hall–Kier alpha value is -3.24. The monoisotopic (exact) mass is 340 g/mol. The topological polar surface area (TPSA) is 86.5 Å². The van der Waals surface area contributed by atoms with Crippen LogP contribution in [0.5, 0.6) is 0 Å². The van der Waals surface area contributed by atoms with Gasteiger partial charge in [0.15, 0.2) is 5.82 Å². The van der Waals surface area contributed by atoms with Gasteiger partial charge in [0.1, 0.15) is 11.9 Å². The average molecular weight is 341 g/mol. The van der Waals surface area contributed by atoms with Gasteiger partial charge >= 0.3 is 0 Å². The Bertz CT molecular complexity index is 924. The summed E-state index contributed by atoms with van der Waals surface area (Å²) in [5, 5.41) is 22.7. The van der Waals surface area contributed by atoms with Gasteiger partial charge in [-0.25, -0.2) is 4.39 Å². The minimum absolute atomic E-state index is 0.00307. The molecule has 0 radical (unpaired) electrons. The molecular weight excluding hydrogens is 331 g/mol. The van der Waals surface area contributed by atoms with Crippen LogP contribution in [0, 0.1) is 17.1 Å². The summed E-state index contributed by atoms with van der Waals surface area (Å²) in [6.07, 6.45) is 1.42. The average Bonchev–Trinajstić information content (AvgIpc) is 2.59. The number of rotatable bonds is 4. The molecule has 0 atom stereocenters. The summed E-state index contributed by atoms with van der Waals surface area (Å²) in [5.41, 5.74) is 1.60. The third-order valence-corrected chi connectivity index (χ3v) is 3.33. The Kier molecular flexibility index (Phi) is 4.50. The molecule has 3 aromatic rings. The highest BCUT2D eigenvalue weighted by atomic mass is 35.5. The summed E-state index contributed by atoms with van der Waals surface area (Å²) < 4.78 is 13.2. The van der Waals surface area contributed by atoms with Crippen molar-refractivity contribution >= 4 is 34.7 Å². The van der Waals surface area contributed by atoms with E-state index >= 15 is 0 Å². The molecule has 118 valence electrons. The summed E-state index contributed by atoms with van der Waals surface area (Å²) in [4.78, 5) is 4.25. The molecule has 0 fully saturated rings. The van der Waals surface area contributed by atoms with Crippen molar-refractivity contribution in [3.8, 4) is 6.07 Å². The van der Waals surface area contributed by atoms with Crippen molar-refractivity contribution in [2.45, 2.75) is 0 Å². The van der Waals surface area contributed by atoms with Gasteiger partial charge in [-0.1, -0.05) is 23.7 Å². The number of hydrogen-bond acceptors (Lipinski definition) is 6. The van der Waals surface area contributed by atoms with Gasteiger partial charge in [-0.3, -0.25) is 0 Å². The largest absolute Gasteiger partial charge is 0.339 e. The number of benzene rings is 2. The van der Waals surface area contributed by atoms with Gasteiger partial charge in [-0.05, 0) is 30.3 Å². The molecule has 0 aliphatic carbocycles. The van der Waals surface area contributed by atoms with Crippen LogP contribution in [0.1, 0.15) is 5.56 Å². The maximum atomic E-state index is 13.2. The highest BCUT2D eigenvalue weighted by molar-refractivity contribution is 6.31. The van der Waals surface area contributed by atoms with E-state index in [1.807, 2.05) is 0 Å². The predicted molar refractivity (Wildman–Crippen MR) is 89.0 cm³/mol. The van der Waals surface area contributed by atoms with Crippen LogP contribution in [-0.2, 0) is 0 Å². The van der Waals surface area contributed by atoms with E-state index in [-0.39, 0.29) is 11.0 Å². The second kappa shape index (κ2) is 6.89. The number of aromatic nitrogens is 3. The van der Waals surface area contributed by atoms with Crippen molar-refractivity contribution in [3.63, 3.8) is 0 Å². The van der Waals surface area contributed by atoms with Gasteiger partial charge in [-0.15, -0.1) is 5.10 Å². The molecule has 1 aromatic heterocycles. The second-order valence-corrected chi connectivity index (χ2v) is 5.11. The van der Waals surface area contributed by atoms with Crippen LogP contribution in [0.15, 0.2) is 48.7 Å². The lowest BCUT2D eigenvalue weighted by Gasteiger charge is -2.09. The van der Waals surface area contributed by atoms with Crippen LogP contribution in [0.25, 0.3) is 0 Å². The molecule has 0 amide bonds. The molecule has 0 saturated carbocycles. The molecule has 0 aliphatic heterocycles. The van der Waals surface area contributed by atoms with E-state index in [4.69, 9.17) is 16.9 Å². The first-order valence-corrected chi connectivity index (χ1v) is 7.21. The SMILES string of the molecule is N#Cc1ccccc1Nc1nncc(Nc2ccc(F)c(Cl)c2)n1. The molecule has 8 heteroatoms. The van der Waals surface area contributed by atoms with Crippen molar-refractivity contribution in [3.05, 3.63) is 65.1 Å². The molecule has 0 bridgehead atoms. The Morgan fingerprint density at radius 2 is 1.96 bits per heavy atom. The summed E-state index contributed by atoms with van der Waals surface area (Å²) >= 11 is 5.75. The Morgan fingerprint density at radius 3 is 2.75 bits per heavy atom. The van der Waals surface area contributed by atoms with Crippen LogP contribution in [0.2, 0.25) is 5.02 Å². The Morgan fingerprint density at radius 1 is 1.12 bits per heavy atom. The van der Waals surface area contributed by atoms with Crippen LogP contribution >= 0.6 is 11.6 Å². The molecule has 24 heavy (non-hydrogen) atoms. The van der Waals surface area contributed by atoms with E-state index < -0.39 is 5.82 Å². The van der Waals surface area contributed by atoms with E-state index in [9.17, 15) is 4.39 Å². The summed E-state index contributed by atoms with van der Waals surface area (Å²) in [6.45, 7) is 0.